The van der Waals surface area contributed by atoms with Crippen molar-refractivity contribution in [3.63, 3.8) is 0 Å². The molecule has 7 nitrogen and oxygen atoms in total. The van der Waals surface area contributed by atoms with Crippen molar-refractivity contribution in [2.45, 2.75) is 19.6 Å². The van der Waals surface area contributed by atoms with E-state index in [1.54, 1.807) is 29.6 Å². The molecule has 146 valence electrons. The molecule has 0 saturated carbocycles. The molecule has 1 amide bonds. The van der Waals surface area contributed by atoms with E-state index in [0.29, 0.717) is 22.9 Å². The first-order valence-electron chi connectivity index (χ1n) is 8.80. The molecule has 0 aliphatic heterocycles. The maximum Gasteiger partial charge on any atom is 0.358 e. The number of hydrogen-bond donors (Lipinski definition) is 2. The number of carbonyl (C=O) groups excluding carboxylic acids is 2. The number of aromatic nitrogens is 1. The van der Waals surface area contributed by atoms with E-state index in [1.165, 1.54) is 18.3 Å². The van der Waals surface area contributed by atoms with Crippen LogP contribution in [0.15, 0.2) is 60.0 Å². The number of nitriles is 1. The molecule has 8 heteroatoms. The Kier molecular flexibility index (Phi) is 6.55. The number of benzene rings is 2. The van der Waals surface area contributed by atoms with E-state index >= 15 is 0 Å². The third-order valence-electron chi connectivity index (χ3n) is 3.93. The van der Waals surface area contributed by atoms with Gasteiger partial charge in [0.1, 0.15) is 0 Å². The number of amides is 1. The van der Waals surface area contributed by atoms with Crippen molar-refractivity contribution in [3.8, 4) is 6.07 Å². The largest absolute Gasteiger partial charge is 0.448 e. The zero-order chi connectivity index (χ0) is 20.6. The lowest BCUT2D eigenvalue weighted by molar-refractivity contribution is -0.123. The number of esters is 1. The van der Waals surface area contributed by atoms with E-state index in [-0.39, 0.29) is 5.69 Å². The van der Waals surface area contributed by atoms with E-state index in [9.17, 15) is 9.59 Å². The standard InChI is InChI=1S/C21H18N4O3S/c1-14(19(26)24-17-9-7-15(11-22)8-10-17)28-20(27)18-13-29-21(25-18)23-12-16-5-3-2-4-6-16/h2-10,13-14H,12H2,1H3,(H,23,25)(H,24,26)/t14-/m0/s1. The van der Waals surface area contributed by atoms with Gasteiger partial charge in [0.25, 0.3) is 5.91 Å². The van der Waals surface area contributed by atoms with Crippen LogP contribution in [-0.4, -0.2) is 23.0 Å². The Hall–Kier alpha value is -3.70. The predicted octanol–water partition coefficient (Wildman–Crippen LogP) is 3.81. The van der Waals surface area contributed by atoms with Crippen LogP contribution in [0.4, 0.5) is 10.8 Å². The van der Waals surface area contributed by atoms with Crippen LogP contribution in [0.25, 0.3) is 0 Å². The van der Waals surface area contributed by atoms with Crippen LogP contribution >= 0.6 is 11.3 Å². The molecule has 0 spiro atoms. The molecule has 1 heterocycles. The molecule has 0 radical (unpaired) electrons. The number of ether oxygens (including phenoxy) is 1. The Morgan fingerprint density at radius 2 is 1.90 bits per heavy atom. The third kappa shape index (κ3) is 5.64. The fraction of sp³-hybridized carbons (Fsp3) is 0.143. The van der Waals surface area contributed by atoms with Crippen molar-refractivity contribution in [2.75, 3.05) is 10.6 Å². The topological polar surface area (TPSA) is 104 Å². The quantitative estimate of drug-likeness (QED) is 0.578. The number of anilines is 2. The summed E-state index contributed by atoms with van der Waals surface area (Å²) in [7, 11) is 0. The molecular weight excluding hydrogens is 388 g/mol. The van der Waals surface area contributed by atoms with Gasteiger partial charge in [-0.15, -0.1) is 11.3 Å². The monoisotopic (exact) mass is 406 g/mol. The summed E-state index contributed by atoms with van der Waals surface area (Å²) < 4.78 is 5.20. The summed E-state index contributed by atoms with van der Waals surface area (Å²) in [5.41, 5.74) is 2.24. The first kappa shape index (κ1) is 20.0. The summed E-state index contributed by atoms with van der Waals surface area (Å²) >= 11 is 1.29. The van der Waals surface area contributed by atoms with Gasteiger partial charge in [0.2, 0.25) is 0 Å². The van der Waals surface area contributed by atoms with Gasteiger partial charge in [0.15, 0.2) is 16.9 Å². The molecule has 2 aromatic carbocycles. The second-order valence-electron chi connectivity index (χ2n) is 6.10. The average Bonchev–Trinajstić information content (AvgIpc) is 3.23. The average molecular weight is 406 g/mol. The van der Waals surface area contributed by atoms with E-state index in [1.807, 2.05) is 36.4 Å². The maximum atomic E-state index is 12.3. The van der Waals surface area contributed by atoms with Gasteiger partial charge >= 0.3 is 5.97 Å². The lowest BCUT2D eigenvalue weighted by Gasteiger charge is -2.12. The van der Waals surface area contributed by atoms with E-state index in [2.05, 4.69) is 15.6 Å². The molecule has 3 rings (SSSR count). The van der Waals surface area contributed by atoms with Gasteiger partial charge < -0.3 is 15.4 Å². The van der Waals surface area contributed by atoms with Crippen LogP contribution in [0.1, 0.15) is 28.5 Å². The normalized spacial score (nSPS) is 11.2. The molecule has 3 aromatic rings. The van der Waals surface area contributed by atoms with Gasteiger partial charge in [-0.3, -0.25) is 4.79 Å². The van der Waals surface area contributed by atoms with E-state index in [4.69, 9.17) is 10.00 Å². The molecule has 29 heavy (non-hydrogen) atoms. The number of nitrogens with zero attached hydrogens (tertiary/aromatic N) is 2. The van der Waals surface area contributed by atoms with Crippen molar-refractivity contribution in [2.24, 2.45) is 0 Å². The van der Waals surface area contributed by atoms with Gasteiger partial charge in [-0.25, -0.2) is 9.78 Å². The third-order valence-corrected chi connectivity index (χ3v) is 4.73. The van der Waals surface area contributed by atoms with Gasteiger partial charge in [0, 0.05) is 17.6 Å². The molecule has 1 atom stereocenters. The Labute approximate surface area is 172 Å². The van der Waals surface area contributed by atoms with Gasteiger partial charge in [-0.1, -0.05) is 30.3 Å². The first-order valence-corrected chi connectivity index (χ1v) is 9.68. The summed E-state index contributed by atoms with van der Waals surface area (Å²) in [6.45, 7) is 2.07. The van der Waals surface area contributed by atoms with Crippen molar-refractivity contribution in [3.05, 3.63) is 76.8 Å². The highest BCUT2D eigenvalue weighted by Crippen LogP contribution is 2.18. The highest BCUT2D eigenvalue weighted by Gasteiger charge is 2.21. The van der Waals surface area contributed by atoms with Gasteiger partial charge in [0.05, 0.1) is 11.6 Å². The van der Waals surface area contributed by atoms with Crippen molar-refractivity contribution < 1.29 is 14.3 Å². The van der Waals surface area contributed by atoms with Crippen molar-refractivity contribution in [1.82, 2.24) is 4.98 Å². The summed E-state index contributed by atoms with van der Waals surface area (Å²) in [4.78, 5) is 28.7. The Bertz CT molecular complexity index is 1030. The number of thiazole rings is 1. The lowest BCUT2D eigenvalue weighted by Crippen LogP contribution is -2.30. The maximum absolute atomic E-state index is 12.3. The molecule has 0 bridgehead atoms. The smallest absolute Gasteiger partial charge is 0.358 e. The minimum absolute atomic E-state index is 0.142. The molecule has 0 aliphatic rings. The summed E-state index contributed by atoms with van der Waals surface area (Å²) in [6, 6.07) is 18.2. The first-order chi connectivity index (χ1) is 14.0. The lowest BCUT2D eigenvalue weighted by atomic mass is 10.2. The SMILES string of the molecule is C[C@H](OC(=O)c1csc(NCc2ccccc2)n1)C(=O)Nc1ccc(C#N)cc1. The molecule has 0 saturated heterocycles. The van der Waals surface area contributed by atoms with Crippen LogP contribution < -0.4 is 10.6 Å². The Morgan fingerprint density at radius 1 is 1.17 bits per heavy atom. The van der Waals surface area contributed by atoms with Crippen LogP contribution in [0.3, 0.4) is 0 Å². The van der Waals surface area contributed by atoms with Crippen LogP contribution in [0.2, 0.25) is 0 Å². The Morgan fingerprint density at radius 3 is 2.59 bits per heavy atom. The summed E-state index contributed by atoms with van der Waals surface area (Å²) in [6.07, 6.45) is -0.999. The molecule has 0 unspecified atom stereocenters. The zero-order valence-electron chi connectivity index (χ0n) is 15.6. The zero-order valence-corrected chi connectivity index (χ0v) is 16.4. The van der Waals surface area contributed by atoms with Crippen molar-refractivity contribution >= 4 is 34.0 Å². The van der Waals surface area contributed by atoms with E-state index in [0.717, 1.165) is 5.56 Å². The molecule has 2 N–H and O–H groups in total. The number of hydrogen-bond acceptors (Lipinski definition) is 7. The second kappa shape index (κ2) is 9.48. The molecular formula is C21H18N4O3S. The van der Waals surface area contributed by atoms with Crippen LogP contribution in [0, 0.1) is 11.3 Å². The van der Waals surface area contributed by atoms with E-state index < -0.39 is 18.0 Å². The van der Waals surface area contributed by atoms with Gasteiger partial charge in [-0.05, 0) is 36.8 Å². The number of carbonyl (C=O) groups is 2. The fourth-order valence-electron chi connectivity index (χ4n) is 2.37. The minimum Gasteiger partial charge on any atom is -0.448 e. The molecule has 0 fully saturated rings. The molecule has 0 aliphatic carbocycles. The predicted molar refractivity (Wildman–Crippen MR) is 111 cm³/mol. The second-order valence-corrected chi connectivity index (χ2v) is 6.96. The van der Waals surface area contributed by atoms with Crippen molar-refractivity contribution in [1.29, 1.82) is 5.26 Å². The summed E-state index contributed by atoms with van der Waals surface area (Å²) in [5.74, 6) is -1.14. The van der Waals surface area contributed by atoms with Crippen LogP contribution in [0.5, 0.6) is 0 Å². The number of rotatable bonds is 7. The highest BCUT2D eigenvalue weighted by atomic mass is 32.1. The van der Waals surface area contributed by atoms with Crippen LogP contribution in [-0.2, 0) is 16.1 Å². The number of nitrogens with one attached hydrogen (secondary N) is 2. The molecule has 1 aromatic heterocycles. The minimum atomic E-state index is -0.999. The Balaban J connectivity index is 1.51. The summed E-state index contributed by atoms with van der Waals surface area (Å²) in [5, 5.41) is 16.8. The van der Waals surface area contributed by atoms with Gasteiger partial charge in [-0.2, -0.15) is 5.26 Å². The highest BCUT2D eigenvalue weighted by molar-refractivity contribution is 7.13. The fourth-order valence-corrected chi connectivity index (χ4v) is 3.05.